The molecule has 8 heteroatoms. The second-order valence-corrected chi connectivity index (χ2v) is 9.91. The van der Waals surface area contributed by atoms with E-state index in [2.05, 4.69) is 4.98 Å². The highest BCUT2D eigenvalue weighted by molar-refractivity contribution is 7.99. The summed E-state index contributed by atoms with van der Waals surface area (Å²) in [5.74, 6) is 1.18. The van der Waals surface area contributed by atoms with E-state index in [1.165, 1.54) is 11.8 Å². The summed E-state index contributed by atoms with van der Waals surface area (Å²) < 4.78 is 28.7. The van der Waals surface area contributed by atoms with Crippen molar-refractivity contribution < 1.29 is 17.9 Å². The van der Waals surface area contributed by atoms with Gasteiger partial charge in [0.15, 0.2) is 9.84 Å². The lowest BCUT2D eigenvalue weighted by Gasteiger charge is -2.26. The summed E-state index contributed by atoms with van der Waals surface area (Å²) in [7, 11) is -1.39. The van der Waals surface area contributed by atoms with Crippen LogP contribution in [0.2, 0.25) is 0 Å². The molecule has 0 bridgehead atoms. The van der Waals surface area contributed by atoms with Crippen LogP contribution in [0.4, 0.5) is 0 Å². The molecule has 1 aromatic carbocycles. The van der Waals surface area contributed by atoms with E-state index in [4.69, 9.17) is 4.74 Å². The van der Waals surface area contributed by atoms with Crippen molar-refractivity contribution in [2.45, 2.75) is 31.3 Å². The van der Waals surface area contributed by atoms with Crippen molar-refractivity contribution in [2.75, 3.05) is 30.9 Å². The van der Waals surface area contributed by atoms with Crippen molar-refractivity contribution in [3.05, 3.63) is 29.8 Å². The Morgan fingerprint density at radius 3 is 2.78 bits per heavy atom. The van der Waals surface area contributed by atoms with Crippen LogP contribution in [0, 0.1) is 6.92 Å². The van der Waals surface area contributed by atoms with Gasteiger partial charge in [-0.3, -0.25) is 4.79 Å². The van der Waals surface area contributed by atoms with Crippen molar-refractivity contribution in [3.8, 4) is 5.75 Å². The van der Waals surface area contributed by atoms with Gasteiger partial charge in [-0.15, -0.1) is 0 Å². The van der Waals surface area contributed by atoms with Gasteiger partial charge in [-0.05, 0) is 44.0 Å². The van der Waals surface area contributed by atoms with Gasteiger partial charge in [-0.25, -0.2) is 13.4 Å². The molecule has 1 fully saturated rings. The first-order valence-corrected chi connectivity index (χ1v) is 11.7. The fraction of sp³-hybridized carbons (Fsp3) is 0.474. The summed E-state index contributed by atoms with van der Waals surface area (Å²) in [4.78, 5) is 19.0. The topological polar surface area (TPSA) is 76.6 Å². The normalized spacial score (nSPS) is 18.6. The Bertz CT molecular complexity index is 960. The zero-order chi connectivity index (χ0) is 19.6. The number of carbonyl (C=O) groups excluding carboxylic acids is 1. The van der Waals surface area contributed by atoms with Gasteiger partial charge in [-0.2, -0.15) is 0 Å². The van der Waals surface area contributed by atoms with E-state index in [9.17, 15) is 13.2 Å². The van der Waals surface area contributed by atoms with Crippen LogP contribution >= 0.6 is 11.8 Å². The Balaban J connectivity index is 1.72. The zero-order valence-electron chi connectivity index (χ0n) is 15.8. The van der Waals surface area contributed by atoms with E-state index in [0.717, 1.165) is 27.2 Å². The Kier molecular flexibility index (Phi) is 5.95. The molecule has 0 saturated carbocycles. The SMILES string of the molecule is CCN(C(=O)CSc1cc(C)c2ccc(OC)cc2n1)[C@H]1CCS(=O)(=O)C1. The summed E-state index contributed by atoms with van der Waals surface area (Å²) in [6.07, 6.45) is 0.527. The van der Waals surface area contributed by atoms with E-state index in [1.807, 2.05) is 38.1 Å². The van der Waals surface area contributed by atoms with Crippen molar-refractivity contribution in [1.29, 1.82) is 0 Å². The van der Waals surface area contributed by atoms with Crippen LogP contribution in [0.3, 0.4) is 0 Å². The number of nitrogens with zero attached hydrogens (tertiary/aromatic N) is 2. The standard InChI is InChI=1S/C19H24N2O4S2/c1-4-21(14-7-8-27(23,24)12-14)19(22)11-26-18-9-13(2)16-6-5-15(25-3)10-17(16)20-18/h5-6,9-10,14H,4,7-8,11-12H2,1-3H3/t14-/m0/s1. The molecular formula is C19H24N2O4S2. The molecule has 0 aliphatic carbocycles. The molecule has 1 saturated heterocycles. The van der Waals surface area contributed by atoms with Gasteiger partial charge in [0.1, 0.15) is 5.75 Å². The number of aromatic nitrogens is 1. The Hall–Kier alpha value is -1.80. The van der Waals surface area contributed by atoms with Crippen molar-refractivity contribution in [3.63, 3.8) is 0 Å². The van der Waals surface area contributed by atoms with Crippen LogP contribution in [-0.2, 0) is 14.6 Å². The van der Waals surface area contributed by atoms with Gasteiger partial charge in [0.25, 0.3) is 0 Å². The third kappa shape index (κ3) is 4.55. The minimum Gasteiger partial charge on any atom is -0.497 e. The fourth-order valence-electron chi connectivity index (χ4n) is 3.43. The predicted molar refractivity (Wildman–Crippen MR) is 108 cm³/mol. The van der Waals surface area contributed by atoms with E-state index in [-0.39, 0.29) is 29.2 Å². The molecule has 1 aromatic heterocycles. The first-order chi connectivity index (χ1) is 12.8. The average molecular weight is 409 g/mol. The number of pyridine rings is 1. The number of ether oxygens (including phenoxy) is 1. The molecule has 0 radical (unpaired) electrons. The summed E-state index contributed by atoms with van der Waals surface area (Å²) in [6, 6.07) is 7.54. The first kappa shape index (κ1) is 19.9. The van der Waals surface area contributed by atoms with Gasteiger partial charge in [0.05, 0.1) is 34.9 Å². The van der Waals surface area contributed by atoms with Gasteiger partial charge in [0, 0.05) is 24.0 Å². The molecule has 3 rings (SSSR count). The van der Waals surface area contributed by atoms with Crippen LogP contribution in [0.5, 0.6) is 5.75 Å². The van der Waals surface area contributed by atoms with E-state index in [0.29, 0.717) is 13.0 Å². The summed E-state index contributed by atoms with van der Waals surface area (Å²) >= 11 is 1.38. The second-order valence-electron chi connectivity index (χ2n) is 6.69. The second kappa shape index (κ2) is 8.06. The highest BCUT2D eigenvalue weighted by Crippen LogP contribution is 2.27. The summed E-state index contributed by atoms with van der Waals surface area (Å²) in [6.45, 7) is 4.42. The fourth-order valence-corrected chi connectivity index (χ4v) is 6.02. The number of hydrogen-bond acceptors (Lipinski definition) is 6. The number of methoxy groups -OCH3 is 1. The molecule has 0 N–H and O–H groups in total. The van der Waals surface area contributed by atoms with E-state index < -0.39 is 9.84 Å². The monoisotopic (exact) mass is 408 g/mol. The molecule has 1 aliphatic heterocycles. The predicted octanol–water partition coefficient (Wildman–Crippen LogP) is 2.68. The Morgan fingerprint density at radius 1 is 1.37 bits per heavy atom. The zero-order valence-corrected chi connectivity index (χ0v) is 17.4. The average Bonchev–Trinajstić information content (AvgIpc) is 2.99. The van der Waals surface area contributed by atoms with Gasteiger partial charge >= 0.3 is 0 Å². The third-order valence-corrected chi connectivity index (χ3v) is 7.50. The molecule has 2 aromatic rings. The number of rotatable bonds is 6. The minimum absolute atomic E-state index is 0.0465. The number of carbonyl (C=O) groups is 1. The minimum atomic E-state index is -3.01. The largest absolute Gasteiger partial charge is 0.497 e. The summed E-state index contributed by atoms with van der Waals surface area (Å²) in [5.41, 5.74) is 1.92. The molecule has 1 atom stereocenters. The lowest BCUT2D eigenvalue weighted by molar-refractivity contribution is -0.129. The van der Waals surface area contributed by atoms with Crippen LogP contribution in [-0.4, -0.2) is 61.2 Å². The van der Waals surface area contributed by atoms with Crippen molar-refractivity contribution >= 4 is 38.4 Å². The maximum absolute atomic E-state index is 12.7. The first-order valence-electron chi connectivity index (χ1n) is 8.91. The number of amides is 1. The molecule has 1 amide bonds. The Labute approximate surface area is 164 Å². The maximum atomic E-state index is 12.7. The smallest absolute Gasteiger partial charge is 0.233 e. The van der Waals surface area contributed by atoms with E-state index in [1.54, 1.807) is 12.0 Å². The molecule has 2 heterocycles. The number of benzene rings is 1. The number of fused-ring (bicyclic) bond motifs is 1. The number of aryl methyl sites for hydroxylation is 1. The summed E-state index contributed by atoms with van der Waals surface area (Å²) in [5, 5.41) is 1.83. The lowest BCUT2D eigenvalue weighted by atomic mass is 10.1. The molecule has 0 unspecified atom stereocenters. The molecule has 6 nitrogen and oxygen atoms in total. The highest BCUT2D eigenvalue weighted by Gasteiger charge is 2.33. The van der Waals surface area contributed by atoms with Gasteiger partial charge in [0.2, 0.25) is 5.91 Å². The van der Waals surface area contributed by atoms with E-state index >= 15 is 0 Å². The molecule has 0 spiro atoms. The number of sulfone groups is 1. The highest BCUT2D eigenvalue weighted by atomic mass is 32.2. The Morgan fingerprint density at radius 2 is 2.15 bits per heavy atom. The van der Waals surface area contributed by atoms with Crippen molar-refractivity contribution in [2.24, 2.45) is 0 Å². The van der Waals surface area contributed by atoms with Crippen LogP contribution in [0.15, 0.2) is 29.3 Å². The van der Waals surface area contributed by atoms with Crippen LogP contribution < -0.4 is 4.74 Å². The number of hydrogen-bond donors (Lipinski definition) is 0. The quantitative estimate of drug-likeness (QED) is 0.684. The van der Waals surface area contributed by atoms with Crippen LogP contribution in [0.25, 0.3) is 10.9 Å². The molecule has 27 heavy (non-hydrogen) atoms. The number of thioether (sulfide) groups is 1. The molecule has 146 valence electrons. The molecule has 1 aliphatic rings. The molecular weight excluding hydrogens is 384 g/mol. The maximum Gasteiger partial charge on any atom is 0.233 e. The third-order valence-electron chi connectivity index (χ3n) is 4.85. The lowest BCUT2D eigenvalue weighted by Crippen LogP contribution is -2.41. The van der Waals surface area contributed by atoms with Gasteiger partial charge in [-0.1, -0.05) is 11.8 Å². The van der Waals surface area contributed by atoms with Gasteiger partial charge < -0.3 is 9.64 Å². The van der Waals surface area contributed by atoms with Crippen LogP contribution in [0.1, 0.15) is 18.9 Å². The van der Waals surface area contributed by atoms with Crippen molar-refractivity contribution in [1.82, 2.24) is 9.88 Å².